The molecule has 28 heavy (non-hydrogen) atoms. The smallest absolute Gasteiger partial charge is 0.300 e. The molecule has 4 aliphatic carbocycles. The number of Topliss-reactive ketones (excluding diaryl/α,β-unsaturated/α-hetero) is 1. The van der Waals surface area contributed by atoms with Crippen LogP contribution in [0.3, 0.4) is 0 Å². The number of alkyl halides is 1. The van der Waals surface area contributed by atoms with Gasteiger partial charge in [-0.05, 0) is 87.4 Å². The Morgan fingerprint density at radius 1 is 1.14 bits per heavy atom. The Hall–Kier alpha value is -0.530. The van der Waals surface area contributed by atoms with Gasteiger partial charge in [0.25, 0.3) is 0 Å². The van der Waals surface area contributed by atoms with Crippen molar-refractivity contribution >= 4 is 16.1 Å². The lowest BCUT2D eigenvalue weighted by Gasteiger charge is -2.61. The van der Waals surface area contributed by atoms with Crippen LogP contribution in [0.2, 0.25) is 0 Å². The highest BCUT2D eigenvalue weighted by molar-refractivity contribution is 7.84. The third-order valence-corrected chi connectivity index (χ3v) is 10.7. The number of ketones is 1. The predicted molar refractivity (Wildman–Crippen MR) is 102 cm³/mol. The van der Waals surface area contributed by atoms with Crippen LogP contribution in [0, 0.1) is 40.4 Å². The van der Waals surface area contributed by atoms with E-state index in [1.165, 1.54) is 0 Å². The SMILES string of the molecule is CC(=O)[C@H]1CC[C@H]2[C@@H]3CC[C@H]4C[C@H](F)[C@@H]5C[C@]4(COS(=O)(=O)N5)[C@H]3CC[C@]12C. The molecular formula is C21H32FNO4S. The number of fused-ring (bicyclic) bond motifs is 4. The molecule has 0 amide bonds. The third kappa shape index (κ3) is 2.61. The summed E-state index contributed by atoms with van der Waals surface area (Å²) in [5, 5.41) is 0. The van der Waals surface area contributed by atoms with Gasteiger partial charge >= 0.3 is 10.3 Å². The van der Waals surface area contributed by atoms with Crippen LogP contribution in [0.25, 0.3) is 0 Å². The van der Waals surface area contributed by atoms with Crippen LogP contribution < -0.4 is 4.72 Å². The van der Waals surface area contributed by atoms with Crippen LogP contribution in [0.1, 0.15) is 65.2 Å². The van der Waals surface area contributed by atoms with Crippen molar-refractivity contribution in [3.05, 3.63) is 0 Å². The lowest BCUT2D eigenvalue weighted by atomic mass is 9.44. The summed E-state index contributed by atoms with van der Waals surface area (Å²) < 4.78 is 47.0. The van der Waals surface area contributed by atoms with E-state index in [9.17, 15) is 17.6 Å². The van der Waals surface area contributed by atoms with Crippen molar-refractivity contribution in [3.63, 3.8) is 0 Å². The highest BCUT2D eigenvalue weighted by Gasteiger charge is 2.64. The maximum atomic E-state index is 14.8. The Morgan fingerprint density at radius 2 is 1.93 bits per heavy atom. The highest BCUT2D eigenvalue weighted by atomic mass is 32.2. The maximum absolute atomic E-state index is 14.8. The fraction of sp³-hybridized carbons (Fsp3) is 0.952. The summed E-state index contributed by atoms with van der Waals surface area (Å²) in [4.78, 5) is 12.3. The molecule has 1 N–H and O–H groups in total. The molecule has 7 heteroatoms. The minimum Gasteiger partial charge on any atom is -0.300 e. The van der Waals surface area contributed by atoms with Gasteiger partial charge in [-0.2, -0.15) is 13.1 Å². The molecule has 4 saturated carbocycles. The van der Waals surface area contributed by atoms with Crippen molar-refractivity contribution in [1.82, 2.24) is 4.72 Å². The molecular weight excluding hydrogens is 381 g/mol. The normalized spacial score (nSPS) is 54.8. The zero-order valence-corrected chi connectivity index (χ0v) is 17.6. The van der Waals surface area contributed by atoms with Gasteiger partial charge in [0.15, 0.2) is 0 Å². The van der Waals surface area contributed by atoms with Crippen molar-refractivity contribution < 1.29 is 21.8 Å². The summed E-state index contributed by atoms with van der Waals surface area (Å²) in [6, 6.07) is -0.663. The summed E-state index contributed by atoms with van der Waals surface area (Å²) in [5.74, 6) is 2.08. The van der Waals surface area contributed by atoms with Gasteiger partial charge in [-0.15, -0.1) is 0 Å². The van der Waals surface area contributed by atoms with Gasteiger partial charge in [0.2, 0.25) is 0 Å². The second kappa shape index (κ2) is 6.24. The molecule has 0 aromatic carbocycles. The average molecular weight is 414 g/mol. The number of hydrogen-bond acceptors (Lipinski definition) is 4. The number of halogens is 1. The van der Waals surface area contributed by atoms with E-state index < -0.39 is 22.5 Å². The number of hydrogen-bond donors (Lipinski definition) is 1. The minimum absolute atomic E-state index is 0.0725. The molecule has 2 bridgehead atoms. The Kier molecular flexibility index (Phi) is 4.33. The number of rotatable bonds is 1. The van der Waals surface area contributed by atoms with Crippen LogP contribution in [-0.4, -0.2) is 33.0 Å². The largest absolute Gasteiger partial charge is 0.336 e. The first-order valence-corrected chi connectivity index (χ1v) is 12.4. The van der Waals surface area contributed by atoms with Crippen molar-refractivity contribution in [1.29, 1.82) is 0 Å². The predicted octanol–water partition coefficient (Wildman–Crippen LogP) is 3.40. The van der Waals surface area contributed by atoms with E-state index in [1.54, 1.807) is 6.92 Å². The molecule has 1 spiro atoms. The molecule has 0 aromatic heterocycles. The Labute approximate surface area is 167 Å². The summed E-state index contributed by atoms with van der Waals surface area (Å²) >= 11 is 0. The Morgan fingerprint density at radius 3 is 2.68 bits per heavy atom. The molecule has 9 atom stereocenters. The number of nitrogens with one attached hydrogen (secondary N) is 1. The monoisotopic (exact) mass is 413 g/mol. The molecule has 5 rings (SSSR count). The topological polar surface area (TPSA) is 72.5 Å². The molecule has 158 valence electrons. The van der Waals surface area contributed by atoms with E-state index in [4.69, 9.17) is 4.18 Å². The lowest BCUT2D eigenvalue weighted by Crippen LogP contribution is -2.59. The summed E-state index contributed by atoms with van der Waals surface area (Å²) in [6.07, 6.45) is 6.00. The van der Waals surface area contributed by atoms with E-state index in [-0.39, 0.29) is 29.3 Å². The van der Waals surface area contributed by atoms with E-state index >= 15 is 0 Å². The summed E-state index contributed by atoms with van der Waals surface area (Å²) in [5.41, 5.74) is -0.175. The molecule has 1 aliphatic heterocycles. The molecule has 0 unspecified atom stereocenters. The molecule has 0 radical (unpaired) electrons. The average Bonchev–Trinajstić information content (AvgIpc) is 2.92. The molecule has 5 fully saturated rings. The van der Waals surface area contributed by atoms with E-state index in [2.05, 4.69) is 11.6 Å². The van der Waals surface area contributed by atoms with Gasteiger partial charge in [0.1, 0.15) is 12.0 Å². The van der Waals surface area contributed by atoms with Crippen molar-refractivity contribution in [2.75, 3.05) is 6.61 Å². The number of carbonyl (C=O) groups excluding carboxylic acids is 1. The second-order valence-corrected chi connectivity index (χ2v) is 11.9. The number of carbonyl (C=O) groups is 1. The van der Waals surface area contributed by atoms with E-state index in [0.717, 1.165) is 38.5 Å². The lowest BCUT2D eigenvalue weighted by molar-refractivity contribution is -0.148. The van der Waals surface area contributed by atoms with Crippen LogP contribution in [0.15, 0.2) is 0 Å². The van der Waals surface area contributed by atoms with Gasteiger partial charge in [-0.1, -0.05) is 6.92 Å². The fourth-order valence-corrected chi connectivity index (χ4v) is 9.55. The van der Waals surface area contributed by atoms with Gasteiger partial charge < -0.3 is 0 Å². The first-order chi connectivity index (χ1) is 13.2. The highest BCUT2D eigenvalue weighted by Crippen LogP contribution is 2.68. The van der Waals surface area contributed by atoms with Gasteiger partial charge in [0.05, 0.1) is 12.6 Å². The first-order valence-electron chi connectivity index (χ1n) is 11.0. The van der Waals surface area contributed by atoms with Crippen LogP contribution in [0.5, 0.6) is 0 Å². The summed E-state index contributed by atoms with van der Waals surface area (Å²) in [7, 11) is -3.88. The minimum atomic E-state index is -3.88. The zero-order chi connectivity index (χ0) is 19.9. The van der Waals surface area contributed by atoms with Gasteiger partial charge in [-0.3, -0.25) is 8.98 Å². The summed E-state index contributed by atoms with van der Waals surface area (Å²) in [6.45, 7) is 4.24. The maximum Gasteiger partial charge on any atom is 0.336 e. The van der Waals surface area contributed by atoms with Crippen LogP contribution in [0.4, 0.5) is 4.39 Å². The van der Waals surface area contributed by atoms with Gasteiger partial charge in [-0.25, -0.2) is 4.39 Å². The first kappa shape index (κ1) is 19.4. The van der Waals surface area contributed by atoms with Crippen LogP contribution >= 0.6 is 0 Å². The molecule has 5 aliphatic rings. The standard InChI is InChI=1S/C21H32FNO4S/c1-12(24)15-5-6-16-14-4-3-13-9-18(22)19-10-21(13,11-27-28(25,26)23-19)17(14)7-8-20(15,16)2/h13-19,23H,3-11H2,1-2H3/t13-,14-,15+,16-,17-,18-,19-,20+,21+/m0/s1. The van der Waals surface area contributed by atoms with Gasteiger partial charge in [0, 0.05) is 11.3 Å². The van der Waals surface area contributed by atoms with Crippen molar-refractivity contribution in [2.45, 2.75) is 77.4 Å². The molecule has 1 saturated heterocycles. The second-order valence-electron chi connectivity index (χ2n) is 10.6. The Balaban J connectivity index is 1.51. The van der Waals surface area contributed by atoms with Crippen LogP contribution in [-0.2, 0) is 19.3 Å². The van der Waals surface area contributed by atoms with Crippen molar-refractivity contribution in [2.24, 2.45) is 40.4 Å². The zero-order valence-electron chi connectivity index (χ0n) is 16.8. The van der Waals surface area contributed by atoms with E-state index in [0.29, 0.717) is 36.4 Å². The van der Waals surface area contributed by atoms with Crippen molar-refractivity contribution in [3.8, 4) is 0 Å². The molecule has 0 aromatic rings. The Bertz CT molecular complexity index is 787. The molecule has 1 heterocycles. The fourth-order valence-electron chi connectivity index (χ4n) is 8.51. The quantitative estimate of drug-likeness (QED) is 0.715. The molecule has 5 nitrogen and oxygen atoms in total. The third-order valence-electron chi connectivity index (χ3n) is 9.65. The van der Waals surface area contributed by atoms with E-state index in [1.807, 2.05) is 0 Å².